The summed E-state index contributed by atoms with van der Waals surface area (Å²) in [5, 5.41) is 16.1. The van der Waals surface area contributed by atoms with E-state index in [2.05, 4.69) is 31.4 Å². The Morgan fingerprint density at radius 2 is 1.43 bits per heavy atom. The summed E-state index contributed by atoms with van der Waals surface area (Å²) in [5.74, 6) is 0.262. The molecule has 0 aliphatic heterocycles. The minimum atomic E-state index is -1.17. The smallest absolute Gasteiger partial charge is 0.410 e. The van der Waals surface area contributed by atoms with E-state index in [1.54, 1.807) is 33.8 Å². The van der Waals surface area contributed by atoms with Gasteiger partial charge >= 0.3 is 6.09 Å². The van der Waals surface area contributed by atoms with Crippen LogP contribution in [0, 0.1) is 11.8 Å². The molecule has 232 valence electrons. The van der Waals surface area contributed by atoms with E-state index in [4.69, 9.17) is 4.74 Å². The zero-order chi connectivity index (χ0) is 31.9. The number of nitrogens with zero attached hydrogens (tertiary/aromatic N) is 1. The quantitative estimate of drug-likeness (QED) is 0.295. The van der Waals surface area contributed by atoms with Gasteiger partial charge in [-0.25, -0.2) is 4.79 Å². The van der Waals surface area contributed by atoms with Gasteiger partial charge in [0.05, 0.1) is 13.1 Å². The molecule has 1 atom stereocenters. The highest BCUT2D eigenvalue weighted by atomic mass is 16.6. The summed E-state index contributed by atoms with van der Waals surface area (Å²) in [6, 6.07) is 9.20. The highest BCUT2D eigenvalue weighted by Gasteiger charge is 2.26. The molecule has 3 N–H and O–H groups in total. The van der Waals surface area contributed by atoms with Crippen LogP contribution in [-0.4, -0.2) is 59.3 Å². The molecule has 0 aliphatic carbocycles. The predicted molar refractivity (Wildman–Crippen MR) is 168 cm³/mol. The van der Waals surface area contributed by atoms with E-state index in [-0.39, 0.29) is 37.0 Å². The lowest BCUT2D eigenvalue weighted by Crippen LogP contribution is -2.46. The van der Waals surface area contributed by atoms with Gasteiger partial charge < -0.3 is 25.4 Å². The monoisotopic (exact) mass is 565 g/mol. The van der Waals surface area contributed by atoms with Crippen molar-refractivity contribution >= 4 is 24.0 Å². The summed E-state index contributed by atoms with van der Waals surface area (Å²) in [6.45, 7) is 25.6. The lowest BCUT2D eigenvalue weighted by atomic mass is 10.1. The molecule has 0 radical (unpaired) electrons. The molecule has 0 aromatic heterocycles. The highest BCUT2D eigenvalue weighted by Crippen LogP contribution is 2.15. The lowest BCUT2D eigenvalue weighted by molar-refractivity contribution is -0.125. The van der Waals surface area contributed by atoms with Gasteiger partial charge in [-0.05, 0) is 44.2 Å². The van der Waals surface area contributed by atoms with E-state index in [0.29, 0.717) is 6.54 Å². The maximum atomic E-state index is 12.7. The molecule has 0 bridgehead atoms. The van der Waals surface area contributed by atoms with Crippen molar-refractivity contribution in [2.24, 2.45) is 11.8 Å². The topological polar surface area (TPSA) is 108 Å². The van der Waals surface area contributed by atoms with E-state index in [1.807, 2.05) is 71.9 Å². The Bertz CT molecular complexity index is 828. The average molecular weight is 566 g/mol. The number of rotatable bonds is 10. The number of benzene rings is 1. The molecule has 0 aliphatic rings. The largest absolute Gasteiger partial charge is 0.444 e. The first kappa shape index (κ1) is 41.6. The van der Waals surface area contributed by atoms with Gasteiger partial charge in [0.1, 0.15) is 11.7 Å². The number of carbonyl (C=O) groups excluding carboxylic acids is 3. The van der Waals surface area contributed by atoms with Crippen molar-refractivity contribution in [1.29, 1.82) is 0 Å². The SMILES string of the molecule is CC.CC.CC(C)C.CCC(=O)NCC(=O)N/C(=C/c1ccccc1)C(O)CN(CC(C)C)C(=O)OC(C)(C)C. The summed E-state index contributed by atoms with van der Waals surface area (Å²) < 4.78 is 5.48. The normalized spacial score (nSPS) is 11.4. The van der Waals surface area contributed by atoms with Crippen molar-refractivity contribution in [3.8, 4) is 0 Å². The second kappa shape index (κ2) is 24.0. The third-order valence-electron chi connectivity index (χ3n) is 4.16. The van der Waals surface area contributed by atoms with Gasteiger partial charge in [0.25, 0.3) is 0 Å². The second-order valence-corrected chi connectivity index (χ2v) is 10.7. The maximum absolute atomic E-state index is 12.7. The van der Waals surface area contributed by atoms with Crippen LogP contribution < -0.4 is 10.6 Å². The number of carbonyl (C=O) groups is 3. The molecule has 0 heterocycles. The van der Waals surface area contributed by atoms with Gasteiger partial charge in [0.15, 0.2) is 0 Å². The molecular weight excluding hydrogens is 506 g/mol. The summed E-state index contributed by atoms with van der Waals surface area (Å²) in [7, 11) is 0. The van der Waals surface area contributed by atoms with Crippen LogP contribution in [0.25, 0.3) is 6.08 Å². The number of hydrogen-bond donors (Lipinski definition) is 3. The highest BCUT2D eigenvalue weighted by molar-refractivity contribution is 5.86. The van der Waals surface area contributed by atoms with Crippen LogP contribution >= 0.6 is 0 Å². The third kappa shape index (κ3) is 24.2. The Labute approximate surface area is 244 Å². The zero-order valence-corrected chi connectivity index (χ0v) is 27.6. The fraction of sp³-hybridized carbons (Fsp3) is 0.656. The van der Waals surface area contributed by atoms with Crippen LogP contribution in [0.4, 0.5) is 4.79 Å². The number of aliphatic hydroxyl groups is 1. The minimum absolute atomic E-state index is 0.0621. The van der Waals surface area contributed by atoms with Crippen LogP contribution in [-0.2, 0) is 14.3 Å². The molecule has 1 unspecified atom stereocenters. The summed E-state index contributed by atoms with van der Waals surface area (Å²) in [5.41, 5.74) is 0.322. The molecule has 0 saturated heterocycles. The van der Waals surface area contributed by atoms with Gasteiger partial charge in [-0.3, -0.25) is 9.59 Å². The first-order chi connectivity index (χ1) is 18.6. The summed E-state index contributed by atoms with van der Waals surface area (Å²) >= 11 is 0. The maximum Gasteiger partial charge on any atom is 0.410 e. The van der Waals surface area contributed by atoms with E-state index >= 15 is 0 Å². The fourth-order valence-corrected chi connectivity index (χ4v) is 2.75. The van der Waals surface area contributed by atoms with Gasteiger partial charge in [0, 0.05) is 18.7 Å². The zero-order valence-electron chi connectivity index (χ0n) is 27.6. The van der Waals surface area contributed by atoms with Gasteiger partial charge in [-0.15, -0.1) is 0 Å². The van der Waals surface area contributed by atoms with Gasteiger partial charge in [-0.1, -0.05) is 99.6 Å². The van der Waals surface area contributed by atoms with Crippen molar-refractivity contribution in [3.63, 3.8) is 0 Å². The lowest BCUT2D eigenvalue weighted by Gasteiger charge is -2.30. The summed E-state index contributed by atoms with van der Waals surface area (Å²) in [4.78, 5) is 37.9. The Morgan fingerprint density at radius 1 is 0.925 bits per heavy atom. The van der Waals surface area contributed by atoms with Crippen LogP contribution in [0.15, 0.2) is 36.0 Å². The molecule has 40 heavy (non-hydrogen) atoms. The van der Waals surface area contributed by atoms with Crippen molar-refractivity contribution < 1.29 is 24.2 Å². The number of nitrogens with one attached hydrogen (secondary N) is 2. The van der Waals surface area contributed by atoms with Crippen LogP contribution in [0.1, 0.15) is 102 Å². The number of aliphatic hydroxyl groups excluding tert-OH is 1. The molecular formula is C32H59N3O5. The number of hydrogen-bond acceptors (Lipinski definition) is 5. The average Bonchev–Trinajstić information content (AvgIpc) is 2.87. The van der Waals surface area contributed by atoms with Crippen LogP contribution in [0.2, 0.25) is 0 Å². The first-order valence-corrected chi connectivity index (χ1v) is 14.6. The molecule has 1 rings (SSSR count). The standard InChI is InChI=1S/C24H37N3O5.C4H10.2C2H6/c1-7-21(29)25-14-22(30)26-19(13-18-11-9-8-10-12-18)20(28)16-27(15-17(2)3)23(31)32-24(4,5)6;1-4(2)3;2*1-2/h8-13,17,20,28H,7,14-16H2,1-6H3,(H,25,29)(H,26,30);4H,1-3H3;2*1-2H3/b19-13+;;;. The fourth-order valence-electron chi connectivity index (χ4n) is 2.75. The van der Waals surface area contributed by atoms with Crippen LogP contribution in [0.5, 0.6) is 0 Å². The first-order valence-electron chi connectivity index (χ1n) is 14.6. The Hall–Kier alpha value is -2.87. The molecule has 8 heteroatoms. The van der Waals surface area contributed by atoms with Crippen LogP contribution in [0.3, 0.4) is 0 Å². The second-order valence-electron chi connectivity index (χ2n) is 10.7. The number of ether oxygens (including phenoxy) is 1. The molecule has 3 amide bonds. The third-order valence-corrected chi connectivity index (χ3v) is 4.16. The van der Waals surface area contributed by atoms with E-state index < -0.39 is 23.7 Å². The predicted octanol–water partition coefficient (Wildman–Crippen LogP) is 6.64. The van der Waals surface area contributed by atoms with E-state index in [0.717, 1.165) is 11.5 Å². The van der Waals surface area contributed by atoms with Crippen molar-refractivity contribution in [3.05, 3.63) is 41.6 Å². The van der Waals surface area contributed by atoms with E-state index in [9.17, 15) is 19.5 Å². The Balaban J connectivity index is -0.00000153. The molecule has 8 nitrogen and oxygen atoms in total. The molecule has 0 spiro atoms. The van der Waals surface area contributed by atoms with Gasteiger partial charge in [-0.2, -0.15) is 0 Å². The van der Waals surface area contributed by atoms with Crippen molar-refractivity contribution in [2.75, 3.05) is 19.6 Å². The summed E-state index contributed by atoms with van der Waals surface area (Å²) in [6.07, 6.45) is 0.202. The molecule has 1 aromatic carbocycles. The Kier molecular flexibility index (Phi) is 24.9. The molecule has 0 fully saturated rings. The van der Waals surface area contributed by atoms with Crippen molar-refractivity contribution in [1.82, 2.24) is 15.5 Å². The Morgan fingerprint density at radius 3 is 1.85 bits per heavy atom. The molecule has 1 aromatic rings. The number of amides is 3. The minimum Gasteiger partial charge on any atom is -0.444 e. The molecule has 0 saturated carbocycles. The van der Waals surface area contributed by atoms with Gasteiger partial charge in [0.2, 0.25) is 11.8 Å². The van der Waals surface area contributed by atoms with Crippen molar-refractivity contribution in [2.45, 2.75) is 108 Å². The van der Waals surface area contributed by atoms with E-state index in [1.165, 1.54) is 4.90 Å².